The molecule has 0 bridgehead atoms. The first-order valence-corrected chi connectivity index (χ1v) is 8.15. The maximum absolute atomic E-state index is 13.2. The summed E-state index contributed by atoms with van der Waals surface area (Å²) in [5.41, 5.74) is -0.156. The highest BCUT2D eigenvalue weighted by molar-refractivity contribution is 6.00. The maximum Gasteiger partial charge on any atom is 0.338 e. The molecule has 0 saturated heterocycles. The third-order valence-corrected chi connectivity index (χ3v) is 3.61. The Morgan fingerprint density at radius 3 is 2.30 bits per heavy atom. The molecule has 2 aromatic rings. The zero-order chi connectivity index (χ0) is 20.2. The van der Waals surface area contributed by atoms with Gasteiger partial charge in [0.05, 0.1) is 5.56 Å². The number of halogens is 2. The van der Waals surface area contributed by atoms with Crippen molar-refractivity contribution in [3.8, 4) is 0 Å². The Kier molecular flexibility index (Phi) is 6.05. The molecule has 0 fully saturated rings. The van der Waals surface area contributed by atoms with E-state index in [4.69, 9.17) is 4.74 Å². The highest BCUT2D eigenvalue weighted by Crippen LogP contribution is 2.18. The minimum absolute atomic E-state index is 0.104. The van der Waals surface area contributed by atoms with Crippen LogP contribution in [-0.4, -0.2) is 24.3 Å². The highest BCUT2D eigenvalue weighted by atomic mass is 19.2. The number of amides is 1. The Morgan fingerprint density at radius 1 is 0.963 bits per heavy atom. The summed E-state index contributed by atoms with van der Waals surface area (Å²) in [6.07, 6.45) is 0. The number of benzene rings is 2. The first-order chi connectivity index (χ1) is 12.6. The molecule has 142 valence electrons. The van der Waals surface area contributed by atoms with Gasteiger partial charge in [0.1, 0.15) is 0 Å². The van der Waals surface area contributed by atoms with Crippen molar-refractivity contribution in [3.05, 3.63) is 65.2 Å². The molecule has 2 aromatic carbocycles. The average molecular weight is 375 g/mol. The fourth-order valence-corrected chi connectivity index (χ4v) is 2.01. The van der Waals surface area contributed by atoms with Crippen LogP contribution in [0.25, 0.3) is 0 Å². The highest BCUT2D eigenvalue weighted by Gasteiger charge is 2.21. The van der Waals surface area contributed by atoms with Crippen molar-refractivity contribution in [1.82, 2.24) is 0 Å². The Labute approximate surface area is 155 Å². The molecule has 0 atom stereocenters. The number of ketones is 1. The molecule has 0 aliphatic rings. The first kappa shape index (κ1) is 20.2. The summed E-state index contributed by atoms with van der Waals surface area (Å²) in [7, 11) is 0. The second kappa shape index (κ2) is 8.07. The van der Waals surface area contributed by atoms with Crippen molar-refractivity contribution in [2.45, 2.75) is 20.8 Å². The lowest BCUT2D eigenvalue weighted by atomic mass is 9.95. The van der Waals surface area contributed by atoms with Gasteiger partial charge < -0.3 is 10.1 Å². The summed E-state index contributed by atoms with van der Waals surface area (Å²) in [5.74, 6) is -3.90. The zero-order valence-corrected chi connectivity index (χ0v) is 15.1. The van der Waals surface area contributed by atoms with Gasteiger partial charge >= 0.3 is 5.97 Å². The third-order valence-electron chi connectivity index (χ3n) is 3.61. The molecule has 0 aliphatic carbocycles. The van der Waals surface area contributed by atoms with Crippen LogP contribution in [0.5, 0.6) is 0 Å². The molecule has 0 aliphatic heterocycles. The van der Waals surface area contributed by atoms with Crippen molar-refractivity contribution in [2.75, 3.05) is 11.9 Å². The molecule has 0 unspecified atom stereocenters. The summed E-state index contributed by atoms with van der Waals surface area (Å²) >= 11 is 0. The van der Waals surface area contributed by atoms with E-state index in [1.807, 2.05) is 0 Å². The van der Waals surface area contributed by atoms with E-state index < -0.39 is 35.4 Å². The second-order valence-corrected chi connectivity index (χ2v) is 6.91. The van der Waals surface area contributed by atoms with Crippen molar-refractivity contribution >= 4 is 23.3 Å². The number of esters is 1. The largest absolute Gasteiger partial charge is 0.454 e. The lowest BCUT2D eigenvalue weighted by Crippen LogP contribution is -2.27. The molecule has 0 spiro atoms. The van der Waals surface area contributed by atoms with Crippen LogP contribution < -0.4 is 5.32 Å². The van der Waals surface area contributed by atoms with E-state index in [2.05, 4.69) is 5.32 Å². The predicted molar refractivity (Wildman–Crippen MR) is 95.5 cm³/mol. The number of carbonyl (C=O) groups excluding carboxylic acids is 3. The maximum atomic E-state index is 13.2. The predicted octanol–water partition coefficient (Wildman–Crippen LogP) is 3.99. The Morgan fingerprint density at radius 2 is 1.67 bits per heavy atom. The lowest BCUT2D eigenvalue weighted by Gasteiger charge is -2.17. The van der Waals surface area contributed by atoms with Gasteiger partial charge in [0.25, 0.3) is 0 Å². The van der Waals surface area contributed by atoms with Gasteiger partial charge in [0.15, 0.2) is 24.0 Å². The minimum Gasteiger partial charge on any atom is -0.454 e. The van der Waals surface area contributed by atoms with Gasteiger partial charge in [-0.25, -0.2) is 13.6 Å². The minimum atomic E-state index is -1.16. The monoisotopic (exact) mass is 375 g/mol. The summed E-state index contributed by atoms with van der Waals surface area (Å²) in [6, 6.07) is 8.75. The fraction of sp³-hybridized carbons (Fsp3) is 0.250. The first-order valence-electron chi connectivity index (χ1n) is 8.15. The standard InChI is InChI=1S/C20H19F2NO4/c1-20(2,3)19(26)23-14-6-4-5-13(9-14)18(25)27-11-17(24)12-7-8-15(21)16(22)10-12/h4-10H,11H2,1-3H3,(H,23,26). The zero-order valence-electron chi connectivity index (χ0n) is 15.1. The Hall–Kier alpha value is -3.09. The fourth-order valence-electron chi connectivity index (χ4n) is 2.01. The number of ether oxygens (including phenoxy) is 1. The summed E-state index contributed by atoms with van der Waals surface area (Å²) in [4.78, 5) is 36.1. The van der Waals surface area contributed by atoms with Crippen molar-refractivity contribution < 1.29 is 27.9 Å². The van der Waals surface area contributed by atoms with Crippen LogP contribution in [0, 0.1) is 17.0 Å². The Bertz CT molecular complexity index is 888. The van der Waals surface area contributed by atoms with Gasteiger partial charge in [-0.3, -0.25) is 9.59 Å². The van der Waals surface area contributed by atoms with Crippen molar-refractivity contribution in [1.29, 1.82) is 0 Å². The second-order valence-electron chi connectivity index (χ2n) is 6.91. The molecule has 2 rings (SSSR count). The average Bonchev–Trinajstić information content (AvgIpc) is 2.61. The molecule has 5 nitrogen and oxygen atoms in total. The SMILES string of the molecule is CC(C)(C)C(=O)Nc1cccc(C(=O)OCC(=O)c2ccc(F)c(F)c2)c1. The van der Waals surface area contributed by atoms with Crippen molar-refractivity contribution in [2.24, 2.45) is 5.41 Å². The molecule has 0 radical (unpaired) electrons. The van der Waals surface area contributed by atoms with E-state index in [-0.39, 0.29) is 17.0 Å². The number of hydrogen-bond donors (Lipinski definition) is 1. The molecule has 0 aromatic heterocycles. The van der Waals surface area contributed by atoms with Gasteiger partial charge in [-0.2, -0.15) is 0 Å². The van der Waals surface area contributed by atoms with Crippen LogP contribution in [0.1, 0.15) is 41.5 Å². The van der Waals surface area contributed by atoms with Gasteiger partial charge in [0, 0.05) is 16.7 Å². The number of Topliss-reactive ketones (excluding diaryl/α,β-unsaturated/α-hetero) is 1. The smallest absolute Gasteiger partial charge is 0.338 e. The molecule has 0 saturated carbocycles. The molecule has 0 heterocycles. The van der Waals surface area contributed by atoms with Crippen LogP contribution in [0.2, 0.25) is 0 Å². The van der Waals surface area contributed by atoms with Gasteiger partial charge in [-0.15, -0.1) is 0 Å². The number of nitrogens with one attached hydrogen (secondary N) is 1. The summed E-state index contributed by atoms with van der Waals surface area (Å²) < 4.78 is 31.0. The molecular formula is C20H19F2NO4. The van der Waals surface area contributed by atoms with Crippen LogP contribution in [0.4, 0.5) is 14.5 Å². The topological polar surface area (TPSA) is 72.5 Å². The van der Waals surface area contributed by atoms with Gasteiger partial charge in [-0.05, 0) is 36.4 Å². The third kappa shape index (κ3) is 5.44. The number of anilines is 1. The van der Waals surface area contributed by atoms with Crippen molar-refractivity contribution in [3.63, 3.8) is 0 Å². The molecular weight excluding hydrogens is 356 g/mol. The van der Waals surface area contributed by atoms with E-state index in [1.54, 1.807) is 32.9 Å². The van der Waals surface area contributed by atoms with E-state index in [1.165, 1.54) is 12.1 Å². The summed E-state index contributed by atoms with van der Waals surface area (Å²) in [6.45, 7) is 4.64. The number of rotatable bonds is 5. The van der Waals surface area contributed by atoms with Gasteiger partial charge in [-0.1, -0.05) is 26.8 Å². The quantitative estimate of drug-likeness (QED) is 0.634. The van der Waals surface area contributed by atoms with Gasteiger partial charge in [0.2, 0.25) is 5.91 Å². The normalized spacial score (nSPS) is 11.0. The molecule has 27 heavy (non-hydrogen) atoms. The van der Waals surface area contributed by atoms with Crippen LogP contribution in [0.15, 0.2) is 42.5 Å². The number of hydrogen-bond acceptors (Lipinski definition) is 4. The molecule has 7 heteroatoms. The van der Waals surface area contributed by atoms with Crippen LogP contribution in [-0.2, 0) is 9.53 Å². The summed E-state index contributed by atoms with van der Waals surface area (Å²) in [5, 5.41) is 2.69. The van der Waals surface area contributed by atoms with Crippen LogP contribution >= 0.6 is 0 Å². The lowest BCUT2D eigenvalue weighted by molar-refractivity contribution is -0.123. The molecule has 1 amide bonds. The molecule has 1 N–H and O–H groups in total. The van der Waals surface area contributed by atoms with E-state index >= 15 is 0 Å². The van der Waals surface area contributed by atoms with Crippen LogP contribution in [0.3, 0.4) is 0 Å². The Balaban J connectivity index is 2.01. The number of carbonyl (C=O) groups is 3. The van der Waals surface area contributed by atoms with E-state index in [9.17, 15) is 23.2 Å². The van der Waals surface area contributed by atoms with E-state index in [0.717, 1.165) is 18.2 Å². The van der Waals surface area contributed by atoms with E-state index in [0.29, 0.717) is 5.69 Å².